The van der Waals surface area contributed by atoms with Crippen LogP contribution in [0.2, 0.25) is 0 Å². The van der Waals surface area contributed by atoms with Crippen LogP contribution < -0.4 is 10.9 Å². The van der Waals surface area contributed by atoms with Gasteiger partial charge in [-0.15, -0.1) is 0 Å². The lowest BCUT2D eigenvalue weighted by Crippen LogP contribution is -2.44. The number of amides is 1. The lowest BCUT2D eigenvalue weighted by molar-refractivity contribution is -0.143. The van der Waals surface area contributed by atoms with Gasteiger partial charge in [-0.2, -0.15) is 0 Å². The molecule has 2 heterocycles. The highest BCUT2D eigenvalue weighted by Crippen LogP contribution is 2.39. The monoisotopic (exact) mass is 475 g/mol. The largest absolute Gasteiger partial charge is 0.480 e. The van der Waals surface area contributed by atoms with Gasteiger partial charge < -0.3 is 19.3 Å². The van der Waals surface area contributed by atoms with Gasteiger partial charge in [-0.1, -0.05) is 44.2 Å². The Morgan fingerprint density at radius 2 is 1.63 bits per heavy atom. The molecule has 7 heteroatoms. The van der Waals surface area contributed by atoms with Gasteiger partial charge in [-0.25, -0.2) is 9.59 Å². The number of rotatable bonds is 7. The van der Waals surface area contributed by atoms with Crippen molar-refractivity contribution in [3.8, 4) is 11.1 Å². The molecule has 0 saturated heterocycles. The molecule has 35 heavy (non-hydrogen) atoms. The average Bonchev–Trinajstić information content (AvgIpc) is 3.14. The number of benzene rings is 2. The number of aliphatic carboxylic acids is 1. The minimum Gasteiger partial charge on any atom is -0.480 e. The highest BCUT2D eigenvalue weighted by atomic mass is 16.4. The van der Waals surface area contributed by atoms with Crippen LogP contribution in [0.25, 0.3) is 33.1 Å². The summed E-state index contributed by atoms with van der Waals surface area (Å²) >= 11 is 0. The van der Waals surface area contributed by atoms with Crippen LogP contribution in [0.5, 0.6) is 0 Å². The molecular weight excluding hydrogens is 446 g/mol. The Hall–Kier alpha value is -3.87. The van der Waals surface area contributed by atoms with Crippen LogP contribution in [0, 0.1) is 26.7 Å². The Morgan fingerprint density at radius 3 is 2.26 bits per heavy atom. The van der Waals surface area contributed by atoms with E-state index in [1.165, 1.54) is 0 Å². The lowest BCUT2D eigenvalue weighted by atomic mass is 9.96. The van der Waals surface area contributed by atoms with Crippen molar-refractivity contribution in [3.63, 3.8) is 0 Å². The number of carbonyl (C=O) groups excluding carboxylic acids is 1. The maximum atomic E-state index is 12.9. The second-order valence-electron chi connectivity index (χ2n) is 9.27. The third-order valence-electron chi connectivity index (χ3n) is 6.55. The molecule has 0 saturated carbocycles. The summed E-state index contributed by atoms with van der Waals surface area (Å²) < 4.78 is 11.8. The normalized spacial score (nSPS) is 12.4. The number of carbonyl (C=O) groups is 2. The molecule has 182 valence electrons. The van der Waals surface area contributed by atoms with Gasteiger partial charge >= 0.3 is 11.6 Å². The highest BCUT2D eigenvalue weighted by Gasteiger charge is 2.24. The molecule has 1 unspecified atom stereocenters. The van der Waals surface area contributed by atoms with Crippen LogP contribution in [0.15, 0.2) is 50.0 Å². The SMILES string of the molecule is Cc1oc2c(C)c3oc(=O)c(CCC(=O)NC(C(=O)O)C(C)C)c(C)c3cc2c1-c1ccccc1. The number of hydrogen-bond acceptors (Lipinski definition) is 5. The number of fused-ring (bicyclic) bond motifs is 2. The van der Waals surface area contributed by atoms with E-state index < -0.39 is 23.5 Å². The fourth-order valence-corrected chi connectivity index (χ4v) is 4.62. The Morgan fingerprint density at radius 1 is 0.971 bits per heavy atom. The van der Waals surface area contributed by atoms with Crippen LogP contribution in [-0.2, 0) is 16.0 Å². The van der Waals surface area contributed by atoms with Crippen LogP contribution in [0.1, 0.15) is 42.7 Å². The van der Waals surface area contributed by atoms with Crippen molar-refractivity contribution >= 4 is 33.8 Å². The Balaban J connectivity index is 1.75. The van der Waals surface area contributed by atoms with Crippen molar-refractivity contribution in [1.82, 2.24) is 5.32 Å². The summed E-state index contributed by atoms with van der Waals surface area (Å²) in [6.45, 7) is 9.09. The first-order valence-electron chi connectivity index (χ1n) is 11.7. The van der Waals surface area contributed by atoms with Crippen LogP contribution >= 0.6 is 0 Å². The number of carboxylic acid groups (broad SMARTS) is 1. The molecule has 4 aromatic rings. The van der Waals surface area contributed by atoms with Gasteiger partial charge in [0.1, 0.15) is 23.0 Å². The van der Waals surface area contributed by atoms with E-state index in [0.717, 1.165) is 38.8 Å². The molecule has 0 fully saturated rings. The highest BCUT2D eigenvalue weighted by molar-refractivity contribution is 6.05. The summed E-state index contributed by atoms with van der Waals surface area (Å²) in [4.78, 5) is 36.7. The molecular formula is C28H29NO6. The van der Waals surface area contributed by atoms with Gasteiger partial charge in [0.2, 0.25) is 5.91 Å². The van der Waals surface area contributed by atoms with Gasteiger partial charge in [0.05, 0.1) is 0 Å². The molecule has 0 radical (unpaired) electrons. The van der Waals surface area contributed by atoms with Crippen LogP contribution in [0.4, 0.5) is 0 Å². The first kappa shape index (κ1) is 24.3. The second kappa shape index (κ2) is 9.41. The molecule has 7 nitrogen and oxygen atoms in total. The maximum absolute atomic E-state index is 12.9. The summed E-state index contributed by atoms with van der Waals surface area (Å²) in [6.07, 6.45) is 0.127. The minimum atomic E-state index is -1.08. The molecule has 4 rings (SSSR count). The topological polar surface area (TPSA) is 110 Å². The van der Waals surface area contributed by atoms with E-state index in [2.05, 4.69) is 5.32 Å². The number of nitrogens with one attached hydrogen (secondary N) is 1. The Bertz CT molecular complexity index is 1490. The number of aryl methyl sites for hydroxylation is 3. The molecule has 0 aliphatic rings. The summed E-state index contributed by atoms with van der Waals surface area (Å²) in [5.74, 6) is -0.988. The summed E-state index contributed by atoms with van der Waals surface area (Å²) in [7, 11) is 0. The van der Waals surface area contributed by atoms with Crippen LogP contribution in [0.3, 0.4) is 0 Å². The maximum Gasteiger partial charge on any atom is 0.339 e. The zero-order valence-corrected chi connectivity index (χ0v) is 20.5. The molecule has 0 aliphatic carbocycles. The smallest absolute Gasteiger partial charge is 0.339 e. The van der Waals surface area contributed by atoms with Crippen molar-refractivity contribution in [3.05, 3.63) is 69.3 Å². The molecule has 1 amide bonds. The molecule has 0 bridgehead atoms. The van der Waals surface area contributed by atoms with E-state index >= 15 is 0 Å². The van der Waals surface area contributed by atoms with Gasteiger partial charge in [0, 0.05) is 33.9 Å². The predicted molar refractivity (Wildman–Crippen MR) is 135 cm³/mol. The van der Waals surface area contributed by atoms with E-state index in [4.69, 9.17) is 8.83 Å². The summed E-state index contributed by atoms with van der Waals surface area (Å²) in [5.41, 5.74) is 4.56. The van der Waals surface area contributed by atoms with E-state index in [9.17, 15) is 19.5 Å². The minimum absolute atomic E-state index is 0.0189. The number of hydrogen-bond donors (Lipinski definition) is 2. The van der Waals surface area contributed by atoms with Gasteiger partial charge in [-0.3, -0.25) is 4.79 Å². The second-order valence-corrected chi connectivity index (χ2v) is 9.27. The molecule has 2 N–H and O–H groups in total. The lowest BCUT2D eigenvalue weighted by Gasteiger charge is -2.18. The predicted octanol–water partition coefficient (Wildman–Crippen LogP) is 5.29. The molecule has 1 atom stereocenters. The Labute approximate surface area is 202 Å². The van der Waals surface area contributed by atoms with E-state index in [0.29, 0.717) is 16.7 Å². The van der Waals surface area contributed by atoms with Gasteiger partial charge in [-0.05, 0) is 50.3 Å². The fourth-order valence-electron chi connectivity index (χ4n) is 4.62. The van der Waals surface area contributed by atoms with Crippen LogP contribution in [-0.4, -0.2) is 23.0 Å². The number of furan rings is 1. The zero-order valence-electron chi connectivity index (χ0n) is 20.5. The number of carboxylic acids is 1. The van der Waals surface area contributed by atoms with E-state index in [1.807, 2.05) is 57.2 Å². The quantitative estimate of drug-likeness (QED) is 0.352. The Kier molecular flexibility index (Phi) is 6.52. The van der Waals surface area contributed by atoms with Gasteiger partial charge in [0.15, 0.2) is 0 Å². The summed E-state index contributed by atoms with van der Waals surface area (Å²) in [5, 5.41) is 13.6. The van der Waals surface area contributed by atoms with E-state index in [1.54, 1.807) is 13.8 Å². The molecule has 0 aliphatic heterocycles. The first-order valence-corrected chi connectivity index (χ1v) is 11.7. The van der Waals surface area contributed by atoms with Crippen molar-refractivity contribution in [2.45, 2.75) is 53.5 Å². The molecule has 2 aromatic carbocycles. The first-order chi connectivity index (χ1) is 16.6. The zero-order chi connectivity index (χ0) is 25.4. The van der Waals surface area contributed by atoms with Crippen molar-refractivity contribution in [2.75, 3.05) is 0 Å². The third kappa shape index (κ3) is 4.46. The average molecular weight is 476 g/mol. The molecule has 0 spiro atoms. The van der Waals surface area contributed by atoms with Crippen molar-refractivity contribution < 1.29 is 23.5 Å². The van der Waals surface area contributed by atoms with Gasteiger partial charge in [0.25, 0.3) is 0 Å². The van der Waals surface area contributed by atoms with Crippen molar-refractivity contribution in [1.29, 1.82) is 0 Å². The third-order valence-corrected chi connectivity index (χ3v) is 6.55. The fraction of sp³-hybridized carbons (Fsp3) is 0.321. The standard InChI is InChI=1S/C28H29NO6/c1-14(2)24(27(31)32)29-22(30)12-11-19-15(3)20-13-21-23(18-9-7-6-8-10-18)17(5)34-26(21)16(4)25(20)35-28(19)33/h6-10,13-14,24H,11-12H2,1-5H3,(H,29,30)(H,31,32). The molecule has 2 aromatic heterocycles. The van der Waals surface area contributed by atoms with E-state index in [-0.39, 0.29) is 18.8 Å². The van der Waals surface area contributed by atoms with Crippen molar-refractivity contribution in [2.24, 2.45) is 5.92 Å². The summed E-state index contributed by atoms with van der Waals surface area (Å²) in [6, 6.07) is 11.0.